The Morgan fingerprint density at radius 3 is 2.51 bits per heavy atom. The highest BCUT2D eigenvalue weighted by molar-refractivity contribution is 6.31. The summed E-state index contributed by atoms with van der Waals surface area (Å²) in [6.45, 7) is 0. The van der Waals surface area contributed by atoms with E-state index in [2.05, 4.69) is 10.6 Å². The van der Waals surface area contributed by atoms with Gasteiger partial charge < -0.3 is 15.1 Å². The van der Waals surface area contributed by atoms with Crippen molar-refractivity contribution in [3.63, 3.8) is 0 Å². The lowest BCUT2D eigenvalue weighted by atomic mass is 9.78. The summed E-state index contributed by atoms with van der Waals surface area (Å²) in [5, 5.41) is 7.63. The van der Waals surface area contributed by atoms with Gasteiger partial charge in [-0.2, -0.15) is 0 Å². The maximum absolute atomic E-state index is 13.6. The van der Waals surface area contributed by atoms with Gasteiger partial charge in [-0.15, -0.1) is 0 Å². The first kappa shape index (κ1) is 21.6. The number of ketones is 1. The number of nitrogens with one attached hydrogen (secondary N) is 2. The number of anilines is 2. The van der Waals surface area contributed by atoms with E-state index in [-0.39, 0.29) is 29.4 Å². The number of hydrogen-bond acceptors (Lipinski definition) is 5. The van der Waals surface area contributed by atoms with Crippen LogP contribution in [0.1, 0.15) is 35.9 Å². The number of hydrogen-bond donors (Lipinski definition) is 2. The zero-order valence-corrected chi connectivity index (χ0v) is 19.2. The van der Waals surface area contributed by atoms with Gasteiger partial charge in [0.15, 0.2) is 11.2 Å². The second-order valence-corrected chi connectivity index (χ2v) is 9.32. The zero-order valence-electron chi connectivity index (χ0n) is 18.5. The van der Waals surface area contributed by atoms with Crippen LogP contribution in [0.2, 0.25) is 5.02 Å². The molecule has 0 radical (unpaired) electrons. The quantitative estimate of drug-likeness (QED) is 0.335. The summed E-state index contributed by atoms with van der Waals surface area (Å²) in [7, 11) is 0. The van der Waals surface area contributed by atoms with Gasteiger partial charge in [-0.05, 0) is 60.4 Å². The summed E-state index contributed by atoms with van der Waals surface area (Å²) in [6.07, 6.45) is 2.23. The Morgan fingerprint density at radius 1 is 0.943 bits per heavy atom. The van der Waals surface area contributed by atoms with E-state index in [1.165, 1.54) is 18.4 Å². The van der Waals surface area contributed by atoms with Crippen LogP contribution >= 0.6 is 11.6 Å². The fraction of sp³-hybridized carbons (Fsp3) is 0.143. The normalized spacial score (nSPS) is 19.4. The minimum Gasteiger partial charge on any atom is -0.464 e. The van der Waals surface area contributed by atoms with Gasteiger partial charge in [-0.1, -0.05) is 35.9 Å². The first-order chi connectivity index (χ1) is 17.0. The number of carbonyl (C=O) groups excluding carboxylic acids is 1. The van der Waals surface area contributed by atoms with Gasteiger partial charge in [-0.25, -0.2) is 4.39 Å². The van der Waals surface area contributed by atoms with Gasteiger partial charge >= 0.3 is 0 Å². The van der Waals surface area contributed by atoms with Crippen molar-refractivity contribution in [2.45, 2.75) is 24.8 Å². The first-order valence-electron chi connectivity index (χ1n) is 11.3. The van der Waals surface area contributed by atoms with Crippen LogP contribution in [-0.4, -0.2) is 5.78 Å². The summed E-state index contributed by atoms with van der Waals surface area (Å²) < 4.78 is 19.3. The van der Waals surface area contributed by atoms with Gasteiger partial charge in [0.2, 0.25) is 0 Å². The Bertz CT molecular complexity index is 1580. The Balaban J connectivity index is 1.51. The molecule has 2 atom stereocenters. The number of benzene rings is 3. The van der Waals surface area contributed by atoms with E-state index in [0.717, 1.165) is 22.6 Å². The lowest BCUT2D eigenvalue weighted by Crippen LogP contribution is -2.29. The maximum atomic E-state index is 13.6. The third-order valence-electron chi connectivity index (χ3n) is 6.72. The molecule has 3 aromatic carbocycles. The van der Waals surface area contributed by atoms with Crippen LogP contribution < -0.4 is 16.1 Å². The number of fused-ring (bicyclic) bond motifs is 2. The summed E-state index contributed by atoms with van der Waals surface area (Å²) in [4.78, 5) is 27.2. The second-order valence-electron chi connectivity index (χ2n) is 8.88. The molecular formula is C28H20ClFN2O3. The van der Waals surface area contributed by atoms with Gasteiger partial charge in [0.05, 0.1) is 28.4 Å². The topological polar surface area (TPSA) is 71.3 Å². The molecule has 0 spiro atoms. The molecule has 0 amide bonds. The average Bonchev–Trinajstić information content (AvgIpc) is 3.02. The molecule has 5 nitrogen and oxygen atoms in total. The van der Waals surface area contributed by atoms with Crippen LogP contribution in [-0.2, 0) is 4.79 Å². The van der Waals surface area contributed by atoms with Crippen LogP contribution in [0.25, 0.3) is 11.0 Å². The maximum Gasteiger partial charge on any atom is 0.198 e. The Morgan fingerprint density at radius 2 is 1.71 bits per heavy atom. The van der Waals surface area contributed by atoms with Crippen LogP contribution in [0.5, 0.6) is 0 Å². The van der Waals surface area contributed by atoms with Crippen molar-refractivity contribution in [3.8, 4) is 0 Å². The largest absolute Gasteiger partial charge is 0.464 e. The summed E-state index contributed by atoms with van der Waals surface area (Å²) in [6, 6.07) is 18.1. The van der Waals surface area contributed by atoms with Crippen molar-refractivity contribution >= 4 is 39.7 Å². The third kappa shape index (κ3) is 3.80. The van der Waals surface area contributed by atoms with Gasteiger partial charge in [0.25, 0.3) is 0 Å². The molecule has 0 saturated carbocycles. The standard InChI is InChI=1S/C28H20ClFN2O3/c29-17-7-10-25-19(13-17)28(34)20(14-35-25)27-26-23(31-21-3-1-2-4-22(21)32-27)11-16(12-24(26)33)15-5-8-18(30)9-6-15/h1-10,13-14,16,27,31-32H,11-12H2. The van der Waals surface area contributed by atoms with Crippen molar-refractivity contribution in [2.24, 2.45) is 0 Å². The van der Waals surface area contributed by atoms with Crippen LogP contribution in [0.15, 0.2) is 93.5 Å². The van der Waals surface area contributed by atoms with E-state index in [1.807, 2.05) is 24.3 Å². The van der Waals surface area contributed by atoms with Crippen LogP contribution in [0, 0.1) is 5.82 Å². The monoisotopic (exact) mass is 486 g/mol. The Kier molecular flexibility index (Phi) is 5.19. The van der Waals surface area contributed by atoms with E-state index in [1.54, 1.807) is 30.3 Å². The number of rotatable bonds is 2. The second kappa shape index (κ2) is 8.40. The molecule has 0 fully saturated rings. The van der Waals surface area contributed by atoms with Gasteiger partial charge in [0, 0.05) is 22.7 Å². The van der Waals surface area contributed by atoms with E-state index in [9.17, 15) is 14.0 Å². The van der Waals surface area contributed by atoms with Crippen LogP contribution in [0.3, 0.4) is 0 Å². The number of para-hydroxylation sites is 2. The van der Waals surface area contributed by atoms with E-state index >= 15 is 0 Å². The summed E-state index contributed by atoms with van der Waals surface area (Å²) in [5.41, 5.74) is 4.24. The molecular weight excluding hydrogens is 467 g/mol. The highest BCUT2D eigenvalue weighted by Crippen LogP contribution is 2.44. The van der Waals surface area contributed by atoms with Crippen molar-refractivity contribution in [2.75, 3.05) is 10.6 Å². The molecule has 1 aliphatic carbocycles. The molecule has 1 aromatic heterocycles. The molecule has 2 unspecified atom stereocenters. The molecule has 174 valence electrons. The zero-order chi connectivity index (χ0) is 24.1. The van der Waals surface area contributed by atoms with Crippen molar-refractivity contribution < 1.29 is 13.6 Å². The molecule has 4 aromatic rings. The van der Waals surface area contributed by atoms with E-state index < -0.39 is 6.04 Å². The number of allylic oxidation sites excluding steroid dienone is 1. The van der Waals surface area contributed by atoms with Crippen molar-refractivity contribution in [1.29, 1.82) is 0 Å². The highest BCUT2D eigenvalue weighted by Gasteiger charge is 2.37. The third-order valence-corrected chi connectivity index (χ3v) is 6.96. The molecule has 1 aliphatic heterocycles. The Hall–Kier alpha value is -3.90. The number of halogens is 2. The lowest BCUT2D eigenvalue weighted by molar-refractivity contribution is -0.116. The minimum absolute atomic E-state index is 0.0797. The molecule has 2 N–H and O–H groups in total. The Labute approximate surface area is 205 Å². The molecule has 0 saturated heterocycles. The van der Waals surface area contributed by atoms with Crippen molar-refractivity contribution in [3.05, 3.63) is 116 Å². The summed E-state index contributed by atoms with van der Waals surface area (Å²) >= 11 is 6.15. The number of Topliss-reactive ketones (excluding diaryl/α,β-unsaturated/α-hetero) is 1. The minimum atomic E-state index is -0.706. The summed E-state index contributed by atoms with van der Waals surface area (Å²) in [5.74, 6) is -0.499. The fourth-order valence-corrected chi connectivity index (χ4v) is 5.19. The molecule has 0 bridgehead atoms. The SMILES string of the molecule is O=C1CC(c2ccc(F)cc2)CC2=C1C(c1coc3ccc(Cl)cc3c1=O)Nc1ccccc1N2. The van der Waals surface area contributed by atoms with E-state index in [0.29, 0.717) is 33.5 Å². The lowest BCUT2D eigenvalue weighted by Gasteiger charge is -2.29. The predicted molar refractivity (Wildman–Crippen MR) is 134 cm³/mol. The highest BCUT2D eigenvalue weighted by atomic mass is 35.5. The smallest absolute Gasteiger partial charge is 0.198 e. The molecule has 35 heavy (non-hydrogen) atoms. The van der Waals surface area contributed by atoms with Gasteiger partial charge in [-0.3, -0.25) is 9.59 Å². The average molecular weight is 487 g/mol. The van der Waals surface area contributed by atoms with E-state index in [4.69, 9.17) is 16.0 Å². The molecule has 2 heterocycles. The van der Waals surface area contributed by atoms with Crippen LogP contribution in [0.4, 0.5) is 15.8 Å². The van der Waals surface area contributed by atoms with Crippen molar-refractivity contribution in [1.82, 2.24) is 0 Å². The fourth-order valence-electron chi connectivity index (χ4n) is 5.01. The molecule has 2 aliphatic rings. The molecule has 6 rings (SSSR count). The number of carbonyl (C=O) groups is 1. The predicted octanol–water partition coefficient (Wildman–Crippen LogP) is 6.57. The van der Waals surface area contributed by atoms with Gasteiger partial charge in [0.1, 0.15) is 17.7 Å². The molecule has 7 heteroatoms. The first-order valence-corrected chi connectivity index (χ1v) is 11.7.